The molecule has 0 radical (unpaired) electrons. The normalized spacial score (nSPS) is 10.6. The van der Waals surface area contributed by atoms with Crippen LogP contribution in [0.4, 0.5) is 5.69 Å². The van der Waals surface area contributed by atoms with Crippen LogP contribution in [-0.4, -0.2) is 37.5 Å². The Kier molecular flexibility index (Phi) is 3.88. The van der Waals surface area contributed by atoms with Gasteiger partial charge in [-0.05, 0) is 41.8 Å². The largest absolute Gasteiger partial charge is 0.351 e. The minimum absolute atomic E-state index is 0.162. The lowest BCUT2D eigenvalue weighted by Crippen LogP contribution is -2.11. The third-order valence-electron chi connectivity index (χ3n) is 2.82. The lowest BCUT2D eigenvalue weighted by molar-refractivity contribution is 0.0988. The van der Waals surface area contributed by atoms with E-state index >= 15 is 0 Å². The zero-order valence-electron chi connectivity index (χ0n) is 11.8. The van der Waals surface area contributed by atoms with Crippen LogP contribution in [0.25, 0.3) is 5.69 Å². The van der Waals surface area contributed by atoms with Crippen LogP contribution in [0.1, 0.15) is 16.2 Å². The average Bonchev–Trinajstić information content (AvgIpc) is 3.15. The third-order valence-corrected chi connectivity index (χ3v) is 3.44. The molecule has 0 spiro atoms. The van der Waals surface area contributed by atoms with E-state index in [2.05, 4.69) is 26.0 Å². The minimum atomic E-state index is -0.362. The molecule has 0 aliphatic heterocycles. The van der Waals surface area contributed by atoms with Gasteiger partial charge in [-0.25, -0.2) is 0 Å². The van der Waals surface area contributed by atoms with Gasteiger partial charge in [-0.15, -0.1) is 5.10 Å². The molecule has 1 N–H and O–H groups in total. The van der Waals surface area contributed by atoms with Crippen LogP contribution in [0.2, 0.25) is 0 Å². The van der Waals surface area contributed by atoms with Crippen molar-refractivity contribution in [3.8, 4) is 5.69 Å². The molecule has 112 valence electrons. The maximum atomic E-state index is 12.1. The number of tetrazole rings is 1. The van der Waals surface area contributed by atoms with Crippen molar-refractivity contribution in [1.82, 2.24) is 25.4 Å². The van der Waals surface area contributed by atoms with Crippen molar-refractivity contribution in [2.45, 2.75) is 12.1 Å². The molecule has 2 heterocycles. The topological polar surface area (TPSA) is 98.7 Å². The van der Waals surface area contributed by atoms with Gasteiger partial charge in [-0.2, -0.15) is 4.68 Å². The Hall–Kier alpha value is -2.68. The van der Waals surface area contributed by atoms with E-state index in [0.29, 0.717) is 16.5 Å². The number of amides is 1. The van der Waals surface area contributed by atoms with Gasteiger partial charge in [-0.1, -0.05) is 23.0 Å². The van der Waals surface area contributed by atoms with E-state index < -0.39 is 0 Å². The molecule has 0 fully saturated rings. The number of nitrogens with zero attached hydrogens (tertiary/aromatic N) is 5. The summed E-state index contributed by atoms with van der Waals surface area (Å²) in [6.45, 7) is 1.75. The first kappa shape index (κ1) is 14.3. The maximum Gasteiger partial charge on any atom is 0.294 e. The quantitative estimate of drug-likeness (QED) is 0.734. The highest BCUT2D eigenvalue weighted by Crippen LogP contribution is 2.19. The second kappa shape index (κ2) is 5.98. The Morgan fingerprint density at radius 2 is 2.23 bits per heavy atom. The van der Waals surface area contributed by atoms with Gasteiger partial charge >= 0.3 is 0 Å². The molecule has 0 saturated carbocycles. The molecule has 0 aliphatic carbocycles. The fourth-order valence-corrected chi connectivity index (χ4v) is 2.28. The predicted molar refractivity (Wildman–Crippen MR) is 80.1 cm³/mol. The number of hydrogen-bond donors (Lipinski definition) is 1. The van der Waals surface area contributed by atoms with Gasteiger partial charge in [0.05, 0.1) is 11.4 Å². The van der Waals surface area contributed by atoms with E-state index in [4.69, 9.17) is 4.52 Å². The molecule has 0 bridgehead atoms. The Bertz CT molecular complexity index is 812. The Morgan fingerprint density at radius 1 is 1.36 bits per heavy atom. The lowest BCUT2D eigenvalue weighted by atomic mass is 10.2. The summed E-state index contributed by atoms with van der Waals surface area (Å²) >= 11 is 1.43. The molecule has 1 aromatic carbocycles. The van der Waals surface area contributed by atoms with Crippen LogP contribution in [0.3, 0.4) is 0 Å². The van der Waals surface area contributed by atoms with Crippen LogP contribution >= 0.6 is 11.8 Å². The molecule has 3 aromatic rings. The lowest BCUT2D eigenvalue weighted by Gasteiger charge is -2.06. The van der Waals surface area contributed by atoms with E-state index in [1.165, 1.54) is 11.8 Å². The molecular weight excluding hydrogens is 304 g/mol. The van der Waals surface area contributed by atoms with Gasteiger partial charge < -0.3 is 9.84 Å². The van der Waals surface area contributed by atoms with Crippen molar-refractivity contribution in [3.63, 3.8) is 0 Å². The fourth-order valence-electron chi connectivity index (χ4n) is 1.85. The van der Waals surface area contributed by atoms with Crippen molar-refractivity contribution < 1.29 is 9.32 Å². The summed E-state index contributed by atoms with van der Waals surface area (Å²) in [5, 5.41) is 18.6. The number of nitrogens with one attached hydrogen (secondary N) is 1. The van der Waals surface area contributed by atoms with Gasteiger partial charge in [0.25, 0.3) is 5.91 Å². The van der Waals surface area contributed by atoms with Crippen LogP contribution in [-0.2, 0) is 0 Å². The van der Waals surface area contributed by atoms with Gasteiger partial charge in [0.15, 0.2) is 0 Å². The number of rotatable bonds is 4. The van der Waals surface area contributed by atoms with Gasteiger partial charge in [0.2, 0.25) is 10.9 Å². The van der Waals surface area contributed by atoms with E-state index in [1.807, 2.05) is 18.4 Å². The monoisotopic (exact) mass is 316 g/mol. The summed E-state index contributed by atoms with van der Waals surface area (Å²) < 4.78 is 6.53. The standard InChI is InChI=1S/C13H12N6O2S/c1-8-6-11(21-16-8)12(20)14-9-4-3-5-10(7-9)19-13(22-2)15-17-18-19/h3-7H,1-2H3,(H,14,20). The van der Waals surface area contributed by atoms with Gasteiger partial charge in [-0.3, -0.25) is 4.79 Å². The Labute approximate surface area is 129 Å². The second-order valence-electron chi connectivity index (χ2n) is 4.41. The first-order valence-corrected chi connectivity index (χ1v) is 7.57. The summed E-state index contributed by atoms with van der Waals surface area (Å²) in [5.74, 6) is -0.199. The highest BCUT2D eigenvalue weighted by Gasteiger charge is 2.13. The Morgan fingerprint density at radius 3 is 2.95 bits per heavy atom. The predicted octanol–water partition coefficient (Wildman–Crippen LogP) is 1.93. The van der Waals surface area contributed by atoms with E-state index in [-0.39, 0.29) is 11.7 Å². The zero-order chi connectivity index (χ0) is 15.5. The second-order valence-corrected chi connectivity index (χ2v) is 5.19. The van der Waals surface area contributed by atoms with Crippen LogP contribution < -0.4 is 5.32 Å². The molecular formula is C13H12N6O2S. The highest BCUT2D eigenvalue weighted by atomic mass is 32.2. The fraction of sp³-hybridized carbons (Fsp3) is 0.154. The van der Waals surface area contributed by atoms with E-state index in [9.17, 15) is 4.79 Å². The summed E-state index contributed by atoms with van der Waals surface area (Å²) in [6.07, 6.45) is 1.89. The summed E-state index contributed by atoms with van der Waals surface area (Å²) in [4.78, 5) is 12.1. The molecule has 2 aromatic heterocycles. The molecule has 0 unspecified atom stereocenters. The number of anilines is 1. The third kappa shape index (κ3) is 2.84. The molecule has 9 heteroatoms. The smallest absolute Gasteiger partial charge is 0.294 e. The van der Waals surface area contributed by atoms with E-state index in [0.717, 1.165) is 5.69 Å². The SMILES string of the molecule is CSc1nnnn1-c1cccc(NC(=O)c2cc(C)no2)c1. The molecule has 0 saturated heterocycles. The van der Waals surface area contributed by atoms with Crippen molar-refractivity contribution in [2.75, 3.05) is 11.6 Å². The van der Waals surface area contributed by atoms with Crippen molar-refractivity contribution in [1.29, 1.82) is 0 Å². The molecule has 8 nitrogen and oxygen atoms in total. The summed E-state index contributed by atoms with van der Waals surface area (Å²) in [5.41, 5.74) is 2.01. The average molecular weight is 316 g/mol. The molecule has 0 atom stereocenters. The van der Waals surface area contributed by atoms with Crippen molar-refractivity contribution in [2.24, 2.45) is 0 Å². The van der Waals surface area contributed by atoms with E-state index in [1.54, 1.807) is 29.8 Å². The van der Waals surface area contributed by atoms with Crippen molar-refractivity contribution in [3.05, 3.63) is 41.8 Å². The summed E-state index contributed by atoms with van der Waals surface area (Å²) in [6, 6.07) is 8.78. The molecule has 3 rings (SSSR count). The molecule has 0 aliphatic rings. The number of benzene rings is 1. The zero-order valence-corrected chi connectivity index (χ0v) is 12.7. The van der Waals surface area contributed by atoms with Gasteiger partial charge in [0, 0.05) is 11.8 Å². The number of hydrogen-bond acceptors (Lipinski definition) is 7. The van der Waals surface area contributed by atoms with Gasteiger partial charge in [0.1, 0.15) is 0 Å². The first-order chi connectivity index (χ1) is 10.7. The number of carbonyl (C=O) groups is 1. The number of carbonyl (C=O) groups excluding carboxylic acids is 1. The van der Waals surface area contributed by atoms with Crippen molar-refractivity contribution >= 4 is 23.4 Å². The van der Waals surface area contributed by atoms with Crippen LogP contribution in [0, 0.1) is 6.92 Å². The minimum Gasteiger partial charge on any atom is -0.351 e. The van der Waals surface area contributed by atoms with Crippen LogP contribution in [0.5, 0.6) is 0 Å². The number of thioether (sulfide) groups is 1. The number of aromatic nitrogens is 5. The van der Waals surface area contributed by atoms with Crippen LogP contribution in [0.15, 0.2) is 40.0 Å². The molecule has 1 amide bonds. The summed E-state index contributed by atoms with van der Waals surface area (Å²) in [7, 11) is 0. The highest BCUT2D eigenvalue weighted by molar-refractivity contribution is 7.98. The Balaban J connectivity index is 1.84. The first-order valence-electron chi connectivity index (χ1n) is 6.35. The number of aryl methyl sites for hydroxylation is 1. The molecule has 22 heavy (non-hydrogen) atoms. The maximum absolute atomic E-state index is 12.1.